The van der Waals surface area contributed by atoms with Crippen LogP contribution in [0, 0.1) is 5.82 Å². The van der Waals surface area contributed by atoms with E-state index < -0.39 is 17.3 Å². The zero-order valence-electron chi connectivity index (χ0n) is 11.3. The van der Waals surface area contributed by atoms with Crippen LogP contribution in [0.25, 0.3) is 0 Å². The number of carbonyl (C=O) groups is 1. The van der Waals surface area contributed by atoms with Crippen molar-refractivity contribution in [3.8, 4) is 0 Å². The Bertz CT molecular complexity index is 730. The summed E-state index contributed by atoms with van der Waals surface area (Å²) in [6.07, 6.45) is 0.461. The van der Waals surface area contributed by atoms with Crippen molar-refractivity contribution in [1.29, 1.82) is 0 Å². The van der Waals surface area contributed by atoms with Crippen LogP contribution in [0.15, 0.2) is 35.1 Å². The Kier molecular flexibility index (Phi) is 4.70. The van der Waals surface area contributed by atoms with E-state index in [0.29, 0.717) is 17.9 Å². The molecule has 0 aliphatic heterocycles. The van der Waals surface area contributed by atoms with Crippen molar-refractivity contribution in [2.24, 2.45) is 0 Å². The third-order valence-corrected chi connectivity index (χ3v) is 2.98. The fourth-order valence-corrected chi connectivity index (χ4v) is 2.06. The molecule has 0 atom stereocenters. The second kappa shape index (κ2) is 6.49. The Morgan fingerprint density at radius 3 is 2.86 bits per heavy atom. The van der Waals surface area contributed by atoms with E-state index in [-0.39, 0.29) is 11.7 Å². The standard InChI is InChI=1S/C14H13ClFN3O2/c1-2-12-18-11(15)7-14(21)19(12)8-13(20)17-10-5-3-4-9(16)6-10/h3-7H,2,8H2,1H3,(H,17,20). The molecule has 21 heavy (non-hydrogen) atoms. The van der Waals surface area contributed by atoms with Crippen molar-refractivity contribution in [2.75, 3.05) is 5.32 Å². The number of nitrogens with one attached hydrogen (secondary N) is 1. The molecule has 0 fully saturated rings. The van der Waals surface area contributed by atoms with Gasteiger partial charge in [-0.25, -0.2) is 9.37 Å². The minimum absolute atomic E-state index is 0.0960. The highest BCUT2D eigenvalue weighted by molar-refractivity contribution is 6.29. The summed E-state index contributed by atoms with van der Waals surface area (Å²) in [6, 6.07) is 6.67. The molecule has 7 heteroatoms. The number of nitrogens with zero attached hydrogens (tertiary/aromatic N) is 2. The average Bonchev–Trinajstić information content (AvgIpc) is 2.41. The molecule has 0 saturated heterocycles. The molecular weight excluding hydrogens is 297 g/mol. The monoisotopic (exact) mass is 309 g/mol. The molecule has 110 valence electrons. The molecule has 1 N–H and O–H groups in total. The van der Waals surface area contributed by atoms with E-state index in [2.05, 4.69) is 10.3 Å². The third kappa shape index (κ3) is 3.88. The molecule has 1 aromatic heterocycles. The molecule has 0 aliphatic rings. The molecule has 0 saturated carbocycles. The molecule has 5 nitrogen and oxygen atoms in total. The summed E-state index contributed by atoms with van der Waals surface area (Å²) >= 11 is 5.72. The van der Waals surface area contributed by atoms with Gasteiger partial charge in [-0.1, -0.05) is 24.6 Å². The van der Waals surface area contributed by atoms with Crippen LogP contribution in [-0.4, -0.2) is 15.5 Å². The molecule has 1 amide bonds. The lowest BCUT2D eigenvalue weighted by Crippen LogP contribution is -2.30. The number of benzene rings is 1. The fraction of sp³-hybridized carbons (Fsp3) is 0.214. The molecule has 0 unspecified atom stereocenters. The van der Waals surface area contributed by atoms with E-state index in [0.717, 1.165) is 6.07 Å². The van der Waals surface area contributed by atoms with Crippen LogP contribution in [-0.2, 0) is 17.8 Å². The van der Waals surface area contributed by atoms with Crippen LogP contribution in [0.1, 0.15) is 12.7 Å². The Morgan fingerprint density at radius 1 is 1.43 bits per heavy atom. The zero-order chi connectivity index (χ0) is 15.4. The first-order chi connectivity index (χ1) is 9.99. The maximum Gasteiger partial charge on any atom is 0.255 e. The predicted molar refractivity (Wildman–Crippen MR) is 77.9 cm³/mol. The highest BCUT2D eigenvalue weighted by Crippen LogP contribution is 2.09. The van der Waals surface area contributed by atoms with Crippen molar-refractivity contribution in [1.82, 2.24) is 9.55 Å². The van der Waals surface area contributed by atoms with Crippen molar-refractivity contribution < 1.29 is 9.18 Å². The second-order valence-corrected chi connectivity index (χ2v) is 4.72. The molecule has 0 bridgehead atoms. The van der Waals surface area contributed by atoms with Crippen LogP contribution in [0.2, 0.25) is 5.15 Å². The summed E-state index contributed by atoms with van der Waals surface area (Å²) in [4.78, 5) is 27.8. The number of aryl methyl sites for hydroxylation is 1. The first-order valence-electron chi connectivity index (χ1n) is 6.31. The van der Waals surface area contributed by atoms with Crippen molar-refractivity contribution >= 4 is 23.2 Å². The highest BCUT2D eigenvalue weighted by Gasteiger charge is 2.11. The Labute approximate surface area is 125 Å². The molecule has 2 rings (SSSR count). The van der Waals surface area contributed by atoms with Gasteiger partial charge in [-0.15, -0.1) is 0 Å². The smallest absolute Gasteiger partial charge is 0.255 e. The van der Waals surface area contributed by atoms with E-state index in [1.165, 1.54) is 22.8 Å². The summed E-state index contributed by atoms with van der Waals surface area (Å²) in [5, 5.41) is 2.62. The number of hydrogen-bond donors (Lipinski definition) is 1. The first kappa shape index (κ1) is 15.2. The average molecular weight is 310 g/mol. The maximum absolute atomic E-state index is 13.0. The summed E-state index contributed by atoms with van der Waals surface area (Å²) in [6.45, 7) is 1.60. The van der Waals surface area contributed by atoms with Gasteiger partial charge in [-0.05, 0) is 18.2 Å². The fourth-order valence-electron chi connectivity index (χ4n) is 1.87. The molecule has 2 aromatic rings. The highest BCUT2D eigenvalue weighted by atomic mass is 35.5. The topological polar surface area (TPSA) is 64.0 Å². The van der Waals surface area contributed by atoms with Crippen LogP contribution < -0.4 is 10.9 Å². The van der Waals surface area contributed by atoms with Crippen LogP contribution >= 0.6 is 11.6 Å². The molecular formula is C14H13ClFN3O2. The van der Waals surface area contributed by atoms with E-state index in [1.54, 1.807) is 13.0 Å². The molecule has 1 heterocycles. The van der Waals surface area contributed by atoms with Crippen LogP contribution in [0.5, 0.6) is 0 Å². The number of carbonyl (C=O) groups excluding carboxylic acids is 1. The second-order valence-electron chi connectivity index (χ2n) is 4.33. The largest absolute Gasteiger partial charge is 0.324 e. The molecule has 1 aromatic carbocycles. The van der Waals surface area contributed by atoms with Crippen molar-refractivity contribution in [3.63, 3.8) is 0 Å². The Hall–Kier alpha value is -2.21. The lowest BCUT2D eigenvalue weighted by molar-refractivity contribution is -0.116. The molecule has 0 spiro atoms. The third-order valence-electron chi connectivity index (χ3n) is 2.78. The van der Waals surface area contributed by atoms with Crippen molar-refractivity contribution in [2.45, 2.75) is 19.9 Å². The number of aromatic nitrogens is 2. The van der Waals surface area contributed by atoms with Gasteiger partial charge in [0.2, 0.25) is 5.91 Å². The van der Waals surface area contributed by atoms with Gasteiger partial charge in [-0.3, -0.25) is 14.2 Å². The molecule has 0 radical (unpaired) electrons. The lowest BCUT2D eigenvalue weighted by atomic mass is 10.3. The lowest BCUT2D eigenvalue weighted by Gasteiger charge is -2.11. The van der Waals surface area contributed by atoms with E-state index >= 15 is 0 Å². The normalized spacial score (nSPS) is 10.4. The maximum atomic E-state index is 13.0. The SMILES string of the molecule is CCc1nc(Cl)cc(=O)n1CC(=O)Nc1cccc(F)c1. The minimum Gasteiger partial charge on any atom is -0.324 e. The van der Waals surface area contributed by atoms with E-state index in [9.17, 15) is 14.0 Å². The van der Waals surface area contributed by atoms with Gasteiger partial charge >= 0.3 is 0 Å². The Balaban J connectivity index is 2.18. The number of anilines is 1. The van der Waals surface area contributed by atoms with Crippen LogP contribution in [0.3, 0.4) is 0 Å². The quantitative estimate of drug-likeness (QED) is 0.881. The van der Waals surface area contributed by atoms with Gasteiger partial charge in [-0.2, -0.15) is 0 Å². The van der Waals surface area contributed by atoms with Gasteiger partial charge in [0.15, 0.2) is 0 Å². The van der Waals surface area contributed by atoms with Crippen LogP contribution in [0.4, 0.5) is 10.1 Å². The van der Waals surface area contributed by atoms with E-state index in [1.807, 2.05) is 0 Å². The van der Waals surface area contributed by atoms with Gasteiger partial charge in [0, 0.05) is 18.2 Å². The molecule has 0 aliphatic carbocycles. The van der Waals surface area contributed by atoms with Gasteiger partial charge in [0.25, 0.3) is 5.56 Å². The number of amides is 1. The van der Waals surface area contributed by atoms with Gasteiger partial charge in [0.05, 0.1) is 0 Å². The summed E-state index contributed by atoms with van der Waals surface area (Å²) in [5.74, 6) is -0.476. The predicted octanol–water partition coefficient (Wildman–Crippen LogP) is 2.24. The van der Waals surface area contributed by atoms with E-state index in [4.69, 9.17) is 11.6 Å². The number of hydrogen-bond acceptors (Lipinski definition) is 3. The number of halogens is 2. The number of rotatable bonds is 4. The minimum atomic E-state index is -0.452. The zero-order valence-corrected chi connectivity index (χ0v) is 12.0. The van der Waals surface area contributed by atoms with Crippen molar-refractivity contribution in [3.05, 3.63) is 57.5 Å². The summed E-state index contributed by atoms with van der Waals surface area (Å²) in [5.41, 5.74) is -0.0748. The van der Waals surface area contributed by atoms with Gasteiger partial charge in [0.1, 0.15) is 23.3 Å². The Morgan fingerprint density at radius 2 is 2.19 bits per heavy atom. The summed E-state index contributed by atoms with van der Waals surface area (Å²) < 4.78 is 14.3. The summed E-state index contributed by atoms with van der Waals surface area (Å²) in [7, 11) is 0. The first-order valence-corrected chi connectivity index (χ1v) is 6.69. The van der Waals surface area contributed by atoms with Gasteiger partial charge < -0.3 is 5.32 Å².